The van der Waals surface area contributed by atoms with Gasteiger partial charge < -0.3 is 11.1 Å². The van der Waals surface area contributed by atoms with E-state index in [0.29, 0.717) is 6.42 Å². The van der Waals surface area contributed by atoms with E-state index in [1.807, 2.05) is 44.2 Å². The molecule has 0 fully saturated rings. The van der Waals surface area contributed by atoms with Gasteiger partial charge in [-0.15, -0.1) is 0 Å². The lowest BCUT2D eigenvalue weighted by Crippen LogP contribution is -2.41. The highest BCUT2D eigenvalue weighted by atomic mass is 16.2. The van der Waals surface area contributed by atoms with Gasteiger partial charge in [0.05, 0.1) is 12.1 Å². The summed E-state index contributed by atoms with van der Waals surface area (Å²) in [7, 11) is 0. The number of carbonyl (C=O) groups excluding carboxylic acids is 1. The van der Waals surface area contributed by atoms with Crippen molar-refractivity contribution in [3.8, 4) is 0 Å². The molecule has 0 heterocycles. The molecule has 3 nitrogen and oxygen atoms in total. The highest BCUT2D eigenvalue weighted by molar-refractivity contribution is 5.81. The second kappa shape index (κ2) is 5.51. The lowest BCUT2D eigenvalue weighted by molar-refractivity contribution is -0.123. The summed E-state index contributed by atoms with van der Waals surface area (Å²) in [5.74, 6) is -0.0890. The van der Waals surface area contributed by atoms with E-state index < -0.39 is 6.04 Å². The molecular weight excluding hydrogens is 188 g/mol. The Hall–Kier alpha value is -1.35. The number of hydrogen-bond donors (Lipinski definition) is 2. The van der Waals surface area contributed by atoms with Crippen LogP contribution >= 0.6 is 0 Å². The van der Waals surface area contributed by atoms with Gasteiger partial charge in [0.15, 0.2) is 0 Å². The molecule has 0 aliphatic rings. The molecule has 0 aromatic heterocycles. The van der Waals surface area contributed by atoms with E-state index in [1.54, 1.807) is 0 Å². The van der Waals surface area contributed by atoms with Gasteiger partial charge in [-0.2, -0.15) is 0 Å². The van der Waals surface area contributed by atoms with Crippen LogP contribution in [-0.2, 0) is 4.79 Å². The minimum atomic E-state index is -0.406. The van der Waals surface area contributed by atoms with Crippen molar-refractivity contribution in [3.63, 3.8) is 0 Å². The molecule has 82 valence electrons. The summed E-state index contributed by atoms with van der Waals surface area (Å²) >= 11 is 0. The molecule has 0 saturated heterocycles. The molecule has 3 heteroatoms. The van der Waals surface area contributed by atoms with Crippen molar-refractivity contribution in [1.29, 1.82) is 0 Å². The van der Waals surface area contributed by atoms with Crippen LogP contribution in [0.4, 0.5) is 0 Å². The van der Waals surface area contributed by atoms with Crippen LogP contribution in [0.25, 0.3) is 0 Å². The van der Waals surface area contributed by atoms with Crippen LogP contribution < -0.4 is 11.1 Å². The molecule has 3 N–H and O–H groups in total. The highest BCUT2D eigenvalue weighted by Gasteiger charge is 2.14. The summed E-state index contributed by atoms with van der Waals surface area (Å²) in [5.41, 5.74) is 6.72. The number of nitrogens with two attached hydrogens (primary N) is 1. The van der Waals surface area contributed by atoms with Gasteiger partial charge in [-0.3, -0.25) is 4.79 Å². The van der Waals surface area contributed by atoms with Gasteiger partial charge in [0, 0.05) is 0 Å². The summed E-state index contributed by atoms with van der Waals surface area (Å²) < 4.78 is 0. The maximum absolute atomic E-state index is 11.5. The maximum atomic E-state index is 11.5. The van der Waals surface area contributed by atoms with E-state index in [0.717, 1.165) is 5.56 Å². The van der Waals surface area contributed by atoms with Crippen molar-refractivity contribution in [1.82, 2.24) is 5.32 Å². The third-order valence-corrected chi connectivity index (χ3v) is 2.43. The SMILES string of the molecule is CC[C@H](N)C(=O)N[C@H](C)c1ccccc1. The van der Waals surface area contributed by atoms with Crippen molar-refractivity contribution in [2.24, 2.45) is 5.73 Å². The molecule has 0 saturated carbocycles. The highest BCUT2D eigenvalue weighted by Crippen LogP contribution is 2.11. The van der Waals surface area contributed by atoms with E-state index in [9.17, 15) is 4.79 Å². The molecule has 2 atom stereocenters. The monoisotopic (exact) mass is 206 g/mol. The minimum absolute atomic E-state index is 0.0105. The Balaban J connectivity index is 2.56. The zero-order valence-corrected chi connectivity index (χ0v) is 9.23. The molecule has 0 unspecified atom stereocenters. The number of amides is 1. The molecule has 1 aromatic carbocycles. The van der Waals surface area contributed by atoms with Crippen LogP contribution in [0, 0.1) is 0 Å². The van der Waals surface area contributed by atoms with Gasteiger partial charge in [0.1, 0.15) is 0 Å². The van der Waals surface area contributed by atoms with Crippen LogP contribution in [0.5, 0.6) is 0 Å². The van der Waals surface area contributed by atoms with Crippen LogP contribution in [-0.4, -0.2) is 11.9 Å². The summed E-state index contributed by atoms with van der Waals surface area (Å²) in [4.78, 5) is 11.5. The first-order chi connectivity index (χ1) is 7.15. The van der Waals surface area contributed by atoms with E-state index in [1.165, 1.54) is 0 Å². The fourth-order valence-electron chi connectivity index (χ4n) is 1.33. The summed E-state index contributed by atoms with van der Waals surface area (Å²) in [6.45, 7) is 3.85. The average molecular weight is 206 g/mol. The zero-order chi connectivity index (χ0) is 11.3. The van der Waals surface area contributed by atoms with E-state index >= 15 is 0 Å². The van der Waals surface area contributed by atoms with Gasteiger partial charge in [-0.05, 0) is 18.9 Å². The predicted molar refractivity (Wildman–Crippen MR) is 61.3 cm³/mol. The summed E-state index contributed by atoms with van der Waals surface area (Å²) in [6, 6.07) is 9.45. The number of rotatable bonds is 4. The average Bonchev–Trinajstić information content (AvgIpc) is 2.29. The third kappa shape index (κ3) is 3.36. The van der Waals surface area contributed by atoms with Gasteiger partial charge in [0.25, 0.3) is 0 Å². The van der Waals surface area contributed by atoms with Gasteiger partial charge in [0.2, 0.25) is 5.91 Å². The zero-order valence-electron chi connectivity index (χ0n) is 9.23. The van der Waals surface area contributed by atoms with E-state index in [2.05, 4.69) is 5.32 Å². The molecular formula is C12H18N2O. The number of hydrogen-bond acceptors (Lipinski definition) is 2. The molecule has 0 spiro atoms. The summed E-state index contributed by atoms with van der Waals surface area (Å²) in [6.07, 6.45) is 0.660. The number of nitrogens with one attached hydrogen (secondary N) is 1. The Bertz CT molecular complexity index is 311. The lowest BCUT2D eigenvalue weighted by Gasteiger charge is -2.16. The molecule has 0 aliphatic heterocycles. The van der Waals surface area contributed by atoms with E-state index in [-0.39, 0.29) is 11.9 Å². The van der Waals surface area contributed by atoms with Crippen molar-refractivity contribution >= 4 is 5.91 Å². The van der Waals surface area contributed by atoms with Gasteiger partial charge >= 0.3 is 0 Å². The number of benzene rings is 1. The van der Waals surface area contributed by atoms with Crippen LogP contribution in [0.15, 0.2) is 30.3 Å². The van der Waals surface area contributed by atoms with Crippen LogP contribution in [0.2, 0.25) is 0 Å². The molecule has 1 rings (SSSR count). The quantitative estimate of drug-likeness (QED) is 0.786. The van der Waals surface area contributed by atoms with Crippen molar-refractivity contribution in [3.05, 3.63) is 35.9 Å². The van der Waals surface area contributed by atoms with Gasteiger partial charge in [-0.1, -0.05) is 37.3 Å². The van der Waals surface area contributed by atoms with Crippen molar-refractivity contribution < 1.29 is 4.79 Å². The van der Waals surface area contributed by atoms with Crippen LogP contribution in [0.3, 0.4) is 0 Å². The molecule has 15 heavy (non-hydrogen) atoms. The smallest absolute Gasteiger partial charge is 0.237 e. The Morgan fingerprint density at radius 3 is 2.53 bits per heavy atom. The first-order valence-corrected chi connectivity index (χ1v) is 5.26. The fraction of sp³-hybridized carbons (Fsp3) is 0.417. The third-order valence-electron chi connectivity index (χ3n) is 2.43. The predicted octanol–water partition coefficient (Wildman–Crippen LogP) is 1.60. The molecule has 1 amide bonds. The first-order valence-electron chi connectivity index (χ1n) is 5.26. The molecule has 0 bridgehead atoms. The first kappa shape index (κ1) is 11.7. The lowest BCUT2D eigenvalue weighted by atomic mass is 10.1. The second-order valence-electron chi connectivity index (χ2n) is 3.66. The van der Waals surface area contributed by atoms with Gasteiger partial charge in [-0.25, -0.2) is 0 Å². The fourth-order valence-corrected chi connectivity index (χ4v) is 1.33. The topological polar surface area (TPSA) is 55.1 Å². The summed E-state index contributed by atoms with van der Waals surface area (Å²) in [5, 5.41) is 2.88. The molecule has 0 radical (unpaired) electrons. The van der Waals surface area contributed by atoms with E-state index in [4.69, 9.17) is 5.73 Å². The second-order valence-corrected chi connectivity index (χ2v) is 3.66. The normalized spacial score (nSPS) is 14.3. The minimum Gasteiger partial charge on any atom is -0.348 e. The Morgan fingerprint density at radius 2 is 2.00 bits per heavy atom. The Labute approximate surface area is 90.7 Å². The largest absolute Gasteiger partial charge is 0.348 e. The standard InChI is InChI=1S/C12H18N2O/c1-3-11(13)12(15)14-9(2)10-7-5-4-6-8-10/h4-9,11H,3,13H2,1-2H3,(H,14,15)/t9-,11+/m1/s1. The Kier molecular flexibility index (Phi) is 4.31. The Morgan fingerprint density at radius 1 is 1.40 bits per heavy atom. The van der Waals surface area contributed by atoms with Crippen LogP contribution in [0.1, 0.15) is 31.9 Å². The molecule has 1 aromatic rings. The van der Waals surface area contributed by atoms with Crippen molar-refractivity contribution in [2.75, 3.05) is 0 Å². The maximum Gasteiger partial charge on any atom is 0.237 e. The molecule has 0 aliphatic carbocycles. The number of carbonyl (C=O) groups is 1. The van der Waals surface area contributed by atoms with Crippen molar-refractivity contribution in [2.45, 2.75) is 32.4 Å².